The number of aryl methyl sites for hydroxylation is 3. The van der Waals surface area contributed by atoms with E-state index >= 15 is 0 Å². The average Bonchev–Trinajstić information content (AvgIpc) is 3.70. The number of carboxylic acid groups (broad SMARTS) is 1. The van der Waals surface area contributed by atoms with Crippen LogP contribution in [0.5, 0.6) is 17.2 Å². The summed E-state index contributed by atoms with van der Waals surface area (Å²) in [7, 11) is 3.47. The molecule has 1 saturated heterocycles. The zero-order chi connectivity index (χ0) is 29.8. The first-order valence-electron chi connectivity index (χ1n) is 14.4. The van der Waals surface area contributed by atoms with Gasteiger partial charge in [0.1, 0.15) is 18.5 Å². The number of aliphatic carboxylic acids is 1. The second-order valence-electron chi connectivity index (χ2n) is 11.0. The molecule has 0 radical (unpaired) electrons. The highest BCUT2D eigenvalue weighted by atomic mass is 16.7. The number of amides is 1. The molecule has 0 aliphatic carbocycles. The van der Waals surface area contributed by atoms with Crippen LogP contribution in [-0.4, -0.2) is 66.4 Å². The fraction of sp³-hybridized carbons (Fsp3) is 0.484. The summed E-state index contributed by atoms with van der Waals surface area (Å²) < 4.78 is 24.4. The molecule has 2 aliphatic rings. The molecule has 1 amide bonds. The van der Waals surface area contributed by atoms with Crippen molar-refractivity contribution in [2.45, 2.75) is 51.5 Å². The normalized spacial score (nSPS) is 19.7. The van der Waals surface area contributed by atoms with E-state index in [1.165, 1.54) is 0 Å². The molecular formula is C31H39N4O7+. The molecule has 0 saturated carbocycles. The van der Waals surface area contributed by atoms with Gasteiger partial charge in [-0.3, -0.25) is 14.5 Å². The highest BCUT2D eigenvalue weighted by molar-refractivity contribution is 5.94. The van der Waals surface area contributed by atoms with Crippen molar-refractivity contribution in [1.29, 1.82) is 0 Å². The Balaban J connectivity index is 1.47. The van der Waals surface area contributed by atoms with Crippen LogP contribution >= 0.6 is 0 Å². The molecule has 3 atom stereocenters. The topological polar surface area (TPSA) is 118 Å². The Morgan fingerprint density at radius 2 is 2.12 bits per heavy atom. The number of unbranched alkanes of at least 4 members (excludes halogenated alkanes) is 1. The number of carbonyl (C=O) groups is 2. The first-order valence-corrected chi connectivity index (χ1v) is 14.4. The Labute approximate surface area is 245 Å². The van der Waals surface area contributed by atoms with Gasteiger partial charge in [0.25, 0.3) is 0 Å². The smallest absolute Gasteiger partial charge is 0.308 e. The van der Waals surface area contributed by atoms with E-state index in [9.17, 15) is 14.7 Å². The standard InChI is InChI=1S/C31H38N4O7/c1-5-6-12-35(22-8-7-11-33(3)16-22)28(36)18-34-17-23(21-13-25(39-4)30-26(14-21)40-19-41-30)29(31(37)38)24(34)9-10-27-32-15-20(2)42-27/h7-8,11,13-16,23-24,29H,5-6,9-10,12,17-19H2,1-4H3/p+1/t23-,24+,29?/m1/s1. The van der Waals surface area contributed by atoms with Crippen LogP contribution in [0.4, 0.5) is 5.69 Å². The Morgan fingerprint density at radius 1 is 1.29 bits per heavy atom. The molecule has 11 nitrogen and oxygen atoms in total. The third kappa shape index (κ3) is 6.20. The van der Waals surface area contributed by atoms with Crippen molar-refractivity contribution < 1.29 is 37.9 Å². The van der Waals surface area contributed by atoms with Crippen molar-refractivity contribution in [3.8, 4) is 17.2 Å². The molecule has 42 heavy (non-hydrogen) atoms. The minimum absolute atomic E-state index is 0.0697. The predicted molar refractivity (Wildman–Crippen MR) is 153 cm³/mol. The molecule has 224 valence electrons. The number of hydrogen-bond donors (Lipinski definition) is 1. The quantitative estimate of drug-likeness (QED) is 0.322. The van der Waals surface area contributed by atoms with Gasteiger partial charge in [0.15, 0.2) is 29.8 Å². The van der Waals surface area contributed by atoms with Crippen LogP contribution in [-0.2, 0) is 23.1 Å². The predicted octanol–water partition coefficient (Wildman–Crippen LogP) is 3.48. The number of aromatic nitrogens is 2. The van der Waals surface area contributed by atoms with E-state index in [0.29, 0.717) is 54.8 Å². The molecule has 5 rings (SSSR count). The van der Waals surface area contributed by atoms with Crippen LogP contribution in [0.3, 0.4) is 0 Å². The number of ether oxygens (including phenoxy) is 3. The van der Waals surface area contributed by atoms with Crippen LogP contribution in [0.2, 0.25) is 0 Å². The Hall–Kier alpha value is -4.12. The second kappa shape index (κ2) is 12.8. The lowest BCUT2D eigenvalue weighted by Gasteiger charge is -2.29. The van der Waals surface area contributed by atoms with E-state index in [0.717, 1.165) is 24.1 Å². The van der Waals surface area contributed by atoms with Crippen molar-refractivity contribution in [3.63, 3.8) is 0 Å². The monoisotopic (exact) mass is 579 g/mol. The molecule has 2 aromatic heterocycles. The molecule has 4 heterocycles. The third-order valence-corrected chi connectivity index (χ3v) is 8.08. The SMILES string of the molecule is CCCCN(C(=O)CN1C[C@H](c2cc(OC)c3c(c2)OCO3)C(C(=O)O)[C@@H]1CCc1ncc(C)o1)c1ccc[n+](C)c1. The van der Waals surface area contributed by atoms with Crippen LogP contribution < -0.4 is 23.7 Å². The van der Waals surface area contributed by atoms with Gasteiger partial charge in [0.05, 0.1) is 25.8 Å². The van der Waals surface area contributed by atoms with Gasteiger partial charge >= 0.3 is 5.97 Å². The maximum Gasteiger partial charge on any atom is 0.308 e. The Morgan fingerprint density at radius 3 is 2.81 bits per heavy atom. The lowest BCUT2D eigenvalue weighted by atomic mass is 9.83. The summed E-state index contributed by atoms with van der Waals surface area (Å²) in [4.78, 5) is 35.0. The number of benzene rings is 1. The first-order chi connectivity index (χ1) is 20.3. The van der Waals surface area contributed by atoms with Gasteiger partial charge in [0.2, 0.25) is 18.4 Å². The molecule has 0 bridgehead atoms. The van der Waals surface area contributed by atoms with Gasteiger partial charge in [0, 0.05) is 37.5 Å². The number of carbonyl (C=O) groups excluding carboxylic acids is 1. The molecular weight excluding hydrogens is 540 g/mol. The molecule has 2 aliphatic heterocycles. The fourth-order valence-electron chi connectivity index (χ4n) is 6.05. The Kier molecular flexibility index (Phi) is 8.96. The number of hydrogen-bond acceptors (Lipinski definition) is 8. The number of methoxy groups -OCH3 is 1. The second-order valence-corrected chi connectivity index (χ2v) is 11.0. The van der Waals surface area contributed by atoms with Gasteiger partial charge in [-0.15, -0.1) is 0 Å². The summed E-state index contributed by atoms with van der Waals surface area (Å²) in [6.45, 7) is 5.04. The van der Waals surface area contributed by atoms with Crippen molar-refractivity contribution >= 4 is 17.6 Å². The molecule has 3 aromatic rings. The molecule has 1 unspecified atom stereocenters. The molecule has 11 heteroatoms. The molecule has 1 N–H and O–H groups in total. The number of carboxylic acids is 1. The van der Waals surface area contributed by atoms with Crippen LogP contribution in [0.25, 0.3) is 0 Å². The third-order valence-electron chi connectivity index (χ3n) is 8.08. The minimum Gasteiger partial charge on any atom is -0.493 e. The van der Waals surface area contributed by atoms with E-state index in [2.05, 4.69) is 11.9 Å². The number of likely N-dealkylation sites (tertiary alicyclic amines) is 1. The van der Waals surface area contributed by atoms with Gasteiger partial charge in [-0.25, -0.2) is 9.55 Å². The van der Waals surface area contributed by atoms with E-state index in [-0.39, 0.29) is 19.2 Å². The maximum absolute atomic E-state index is 14.0. The number of rotatable bonds is 12. The number of oxazole rings is 1. The van der Waals surface area contributed by atoms with Crippen LogP contribution in [0.15, 0.2) is 47.3 Å². The van der Waals surface area contributed by atoms with Crippen molar-refractivity contribution in [2.75, 3.05) is 38.4 Å². The van der Waals surface area contributed by atoms with Gasteiger partial charge < -0.3 is 28.6 Å². The highest BCUT2D eigenvalue weighted by Gasteiger charge is 2.47. The van der Waals surface area contributed by atoms with Crippen molar-refractivity contribution in [1.82, 2.24) is 9.88 Å². The summed E-state index contributed by atoms with van der Waals surface area (Å²) in [6.07, 6.45) is 8.24. The van der Waals surface area contributed by atoms with E-state index < -0.39 is 23.8 Å². The van der Waals surface area contributed by atoms with Crippen LogP contribution in [0.1, 0.15) is 49.3 Å². The van der Waals surface area contributed by atoms with Gasteiger partial charge in [-0.2, -0.15) is 0 Å². The lowest BCUT2D eigenvalue weighted by Crippen LogP contribution is -2.45. The fourth-order valence-corrected chi connectivity index (χ4v) is 6.05. The summed E-state index contributed by atoms with van der Waals surface area (Å²) in [5.74, 6) is 0.606. The van der Waals surface area contributed by atoms with Crippen molar-refractivity contribution in [3.05, 3.63) is 60.1 Å². The molecule has 0 spiro atoms. The van der Waals surface area contributed by atoms with E-state index in [1.807, 2.05) is 65.0 Å². The minimum atomic E-state index is -0.918. The molecule has 1 fully saturated rings. The number of pyridine rings is 1. The Bertz CT molecular complexity index is 1420. The number of nitrogens with zero attached hydrogens (tertiary/aromatic N) is 4. The number of fused-ring (bicyclic) bond motifs is 1. The van der Waals surface area contributed by atoms with Crippen LogP contribution in [0, 0.1) is 12.8 Å². The average molecular weight is 580 g/mol. The summed E-state index contributed by atoms with van der Waals surface area (Å²) in [5, 5.41) is 10.6. The summed E-state index contributed by atoms with van der Waals surface area (Å²) in [5.41, 5.74) is 1.59. The maximum atomic E-state index is 14.0. The van der Waals surface area contributed by atoms with Crippen molar-refractivity contribution in [2.24, 2.45) is 13.0 Å². The highest BCUT2D eigenvalue weighted by Crippen LogP contribution is 2.47. The zero-order valence-corrected chi connectivity index (χ0v) is 24.6. The van der Waals surface area contributed by atoms with Gasteiger partial charge in [-0.05, 0) is 43.5 Å². The summed E-state index contributed by atoms with van der Waals surface area (Å²) >= 11 is 0. The number of anilines is 1. The largest absolute Gasteiger partial charge is 0.493 e. The van der Waals surface area contributed by atoms with E-state index in [1.54, 1.807) is 13.3 Å². The summed E-state index contributed by atoms with van der Waals surface area (Å²) in [6, 6.07) is 7.08. The first kappa shape index (κ1) is 29.4. The lowest BCUT2D eigenvalue weighted by molar-refractivity contribution is -0.670. The van der Waals surface area contributed by atoms with E-state index in [4.69, 9.17) is 18.6 Å². The molecule has 1 aromatic carbocycles. The zero-order valence-electron chi connectivity index (χ0n) is 24.6. The van der Waals surface area contributed by atoms with Gasteiger partial charge in [-0.1, -0.05) is 13.3 Å².